The van der Waals surface area contributed by atoms with E-state index in [1.165, 1.54) is 43.6 Å². The first-order valence-electron chi connectivity index (χ1n) is 9.83. The van der Waals surface area contributed by atoms with E-state index in [2.05, 4.69) is 20.4 Å². The number of carbonyl (C=O) groups is 1. The van der Waals surface area contributed by atoms with Crippen molar-refractivity contribution < 1.29 is 23.1 Å². The molecule has 8 nitrogen and oxygen atoms in total. The zero-order valence-corrected chi connectivity index (χ0v) is 17.5. The highest BCUT2D eigenvalue weighted by molar-refractivity contribution is 6.02. The average Bonchev–Trinajstić information content (AvgIpc) is 2.79. The number of aromatic nitrogens is 4. The molecule has 4 rings (SSSR count). The van der Waals surface area contributed by atoms with Crippen LogP contribution in [-0.4, -0.2) is 30.8 Å². The highest BCUT2D eigenvalue weighted by Crippen LogP contribution is 2.30. The summed E-state index contributed by atoms with van der Waals surface area (Å²) in [7, 11) is 0. The lowest BCUT2D eigenvalue weighted by Crippen LogP contribution is -2.27. The van der Waals surface area contributed by atoms with Crippen molar-refractivity contribution in [3.63, 3.8) is 0 Å². The van der Waals surface area contributed by atoms with Crippen molar-refractivity contribution in [1.82, 2.24) is 19.7 Å². The van der Waals surface area contributed by atoms with Crippen molar-refractivity contribution in [2.45, 2.75) is 13.1 Å². The van der Waals surface area contributed by atoms with Gasteiger partial charge in [-0.2, -0.15) is 18.3 Å². The minimum Gasteiger partial charge on any atom is -0.508 e. The summed E-state index contributed by atoms with van der Waals surface area (Å²) in [5.74, 6) is -0.533. The number of nitrogens with zero attached hydrogens (tertiary/aromatic N) is 4. The van der Waals surface area contributed by atoms with Crippen molar-refractivity contribution in [3.8, 4) is 22.8 Å². The number of rotatable bonds is 4. The van der Waals surface area contributed by atoms with Gasteiger partial charge < -0.3 is 10.4 Å². The summed E-state index contributed by atoms with van der Waals surface area (Å²) in [5.41, 5.74) is -1.08. The molecule has 34 heavy (non-hydrogen) atoms. The van der Waals surface area contributed by atoms with Crippen LogP contribution >= 0.6 is 0 Å². The maximum atomic E-state index is 13.1. The number of nitrogens with one attached hydrogen (secondary N) is 1. The van der Waals surface area contributed by atoms with Crippen molar-refractivity contribution in [2.24, 2.45) is 0 Å². The SMILES string of the molecule is Cc1cc(=O)c(C(=O)Nc2cnc(-c3cccc(O)c3)nc2)nn1-c1cccc(C(F)(F)F)c1. The second-order valence-electron chi connectivity index (χ2n) is 7.26. The second-order valence-corrected chi connectivity index (χ2v) is 7.26. The van der Waals surface area contributed by atoms with Gasteiger partial charge in [-0.05, 0) is 37.3 Å². The van der Waals surface area contributed by atoms with Crippen LogP contribution in [0.5, 0.6) is 5.75 Å². The minimum atomic E-state index is -4.56. The van der Waals surface area contributed by atoms with Crippen LogP contribution in [0.4, 0.5) is 18.9 Å². The number of hydrogen-bond donors (Lipinski definition) is 2. The maximum absolute atomic E-state index is 13.1. The second kappa shape index (κ2) is 8.77. The predicted molar refractivity (Wildman–Crippen MR) is 117 cm³/mol. The highest BCUT2D eigenvalue weighted by Gasteiger charge is 2.30. The molecule has 0 saturated heterocycles. The van der Waals surface area contributed by atoms with Crippen LogP contribution < -0.4 is 10.7 Å². The molecule has 0 aliphatic carbocycles. The van der Waals surface area contributed by atoms with Gasteiger partial charge in [0, 0.05) is 17.3 Å². The summed E-state index contributed by atoms with van der Waals surface area (Å²) in [4.78, 5) is 33.3. The average molecular weight is 467 g/mol. The van der Waals surface area contributed by atoms with E-state index >= 15 is 0 Å². The molecule has 0 fully saturated rings. The lowest BCUT2D eigenvalue weighted by atomic mass is 10.2. The molecule has 0 saturated carbocycles. The van der Waals surface area contributed by atoms with Gasteiger partial charge in [0.15, 0.2) is 11.5 Å². The van der Waals surface area contributed by atoms with E-state index in [1.54, 1.807) is 12.1 Å². The van der Waals surface area contributed by atoms with Crippen LogP contribution in [0.1, 0.15) is 21.7 Å². The molecule has 2 aromatic heterocycles. The quantitative estimate of drug-likeness (QED) is 0.470. The number of phenolic OH excluding ortho intramolecular Hbond substituents is 1. The lowest BCUT2D eigenvalue weighted by molar-refractivity contribution is -0.137. The normalized spacial score (nSPS) is 11.3. The fraction of sp³-hybridized carbons (Fsp3) is 0.0870. The molecule has 0 aliphatic rings. The van der Waals surface area contributed by atoms with Gasteiger partial charge in [0.1, 0.15) is 5.75 Å². The molecule has 172 valence electrons. The van der Waals surface area contributed by atoms with E-state index in [0.717, 1.165) is 22.9 Å². The molecule has 1 amide bonds. The first-order valence-corrected chi connectivity index (χ1v) is 9.83. The molecule has 2 heterocycles. The zero-order chi connectivity index (χ0) is 24.5. The third kappa shape index (κ3) is 4.77. The van der Waals surface area contributed by atoms with Gasteiger partial charge in [-0.25, -0.2) is 14.6 Å². The summed E-state index contributed by atoms with van der Waals surface area (Å²) in [6.07, 6.45) is -1.94. The van der Waals surface area contributed by atoms with Crippen molar-refractivity contribution in [2.75, 3.05) is 5.32 Å². The Morgan fingerprint density at radius 3 is 2.41 bits per heavy atom. The Balaban J connectivity index is 1.61. The summed E-state index contributed by atoms with van der Waals surface area (Å²) in [5, 5.41) is 16.0. The number of phenols is 1. The monoisotopic (exact) mass is 467 g/mol. The lowest BCUT2D eigenvalue weighted by Gasteiger charge is -2.13. The predicted octanol–water partition coefficient (Wildman–Crippen LogP) is 3.97. The van der Waals surface area contributed by atoms with Crippen LogP contribution in [0, 0.1) is 6.92 Å². The smallest absolute Gasteiger partial charge is 0.416 e. The maximum Gasteiger partial charge on any atom is 0.416 e. The Labute approximate surface area is 190 Å². The highest BCUT2D eigenvalue weighted by atomic mass is 19.4. The van der Waals surface area contributed by atoms with E-state index in [-0.39, 0.29) is 22.8 Å². The first-order chi connectivity index (χ1) is 16.1. The van der Waals surface area contributed by atoms with Crippen molar-refractivity contribution in [3.05, 3.63) is 94.2 Å². The Morgan fingerprint density at radius 1 is 1.03 bits per heavy atom. The minimum absolute atomic E-state index is 0.0418. The van der Waals surface area contributed by atoms with Gasteiger partial charge in [-0.15, -0.1) is 0 Å². The van der Waals surface area contributed by atoms with Gasteiger partial charge in [-0.3, -0.25) is 9.59 Å². The van der Waals surface area contributed by atoms with Crippen molar-refractivity contribution in [1.29, 1.82) is 0 Å². The molecule has 4 aromatic rings. The zero-order valence-electron chi connectivity index (χ0n) is 17.5. The molecule has 0 radical (unpaired) electrons. The molecular weight excluding hydrogens is 451 g/mol. The van der Waals surface area contributed by atoms with E-state index in [0.29, 0.717) is 11.4 Å². The molecule has 2 aromatic carbocycles. The third-order valence-electron chi connectivity index (χ3n) is 4.75. The number of benzene rings is 2. The Kier molecular flexibility index (Phi) is 5.84. The molecular formula is C23H16F3N5O3. The van der Waals surface area contributed by atoms with Crippen molar-refractivity contribution >= 4 is 11.6 Å². The molecule has 0 unspecified atom stereocenters. The summed E-state index contributed by atoms with van der Waals surface area (Å²) >= 11 is 0. The number of anilines is 1. The number of aromatic hydroxyl groups is 1. The third-order valence-corrected chi connectivity index (χ3v) is 4.75. The molecule has 11 heteroatoms. The number of carbonyl (C=O) groups excluding carboxylic acids is 1. The van der Waals surface area contributed by atoms with E-state index < -0.39 is 28.8 Å². The van der Waals surface area contributed by atoms with Crippen LogP contribution in [0.3, 0.4) is 0 Å². The van der Waals surface area contributed by atoms with Gasteiger partial charge in [-0.1, -0.05) is 18.2 Å². The Bertz CT molecular complexity index is 1430. The standard InChI is InChI=1S/C23H16F3N5O3/c1-13-8-19(33)20(30-31(13)17-6-3-5-15(10-17)23(24,25)26)22(34)29-16-11-27-21(28-12-16)14-4-2-7-18(32)9-14/h2-12,32H,1H3,(H,29,34). The van der Waals surface area contributed by atoms with Crippen LogP contribution in [0.15, 0.2) is 71.8 Å². The number of hydrogen-bond acceptors (Lipinski definition) is 6. The van der Waals surface area contributed by atoms with Gasteiger partial charge in [0.2, 0.25) is 5.43 Å². The molecule has 0 atom stereocenters. The molecule has 2 N–H and O–H groups in total. The Hall–Kier alpha value is -4.54. The Morgan fingerprint density at radius 2 is 1.74 bits per heavy atom. The van der Waals surface area contributed by atoms with E-state index in [9.17, 15) is 27.9 Å². The summed E-state index contributed by atoms with van der Waals surface area (Å²) < 4.78 is 40.3. The van der Waals surface area contributed by atoms with E-state index in [4.69, 9.17) is 0 Å². The van der Waals surface area contributed by atoms with Gasteiger partial charge >= 0.3 is 6.18 Å². The molecule has 0 bridgehead atoms. The van der Waals surface area contributed by atoms with Gasteiger partial charge in [0.05, 0.1) is 29.3 Å². The van der Waals surface area contributed by atoms with Crippen LogP contribution in [0.2, 0.25) is 0 Å². The first kappa shape index (κ1) is 22.6. The fourth-order valence-electron chi connectivity index (χ4n) is 3.16. The largest absolute Gasteiger partial charge is 0.508 e. The van der Waals surface area contributed by atoms with Crippen LogP contribution in [-0.2, 0) is 6.18 Å². The number of halogens is 3. The summed E-state index contributed by atoms with van der Waals surface area (Å²) in [6.45, 7) is 1.49. The van der Waals surface area contributed by atoms with E-state index in [1.807, 2.05) is 0 Å². The summed E-state index contributed by atoms with van der Waals surface area (Å²) in [6, 6.07) is 11.8. The topological polar surface area (TPSA) is 110 Å². The van der Waals surface area contributed by atoms with Gasteiger partial charge in [0.25, 0.3) is 5.91 Å². The number of alkyl halides is 3. The molecule has 0 spiro atoms. The van der Waals surface area contributed by atoms with Crippen LogP contribution in [0.25, 0.3) is 17.1 Å². The molecule has 0 aliphatic heterocycles. The number of amides is 1. The number of aryl methyl sites for hydroxylation is 1. The fourth-order valence-corrected chi connectivity index (χ4v) is 3.16.